The Morgan fingerprint density at radius 2 is 1.69 bits per heavy atom. The fraction of sp³-hybridized carbons (Fsp3) is 0.417. The molecule has 2 heterocycles. The van der Waals surface area contributed by atoms with Crippen molar-refractivity contribution in [3.8, 4) is 5.75 Å². The maximum Gasteiger partial charge on any atom is 0.416 e. The van der Waals surface area contributed by atoms with Crippen LogP contribution < -0.4 is 15.4 Å². The molecule has 6 rings (SSSR count). The first-order valence-corrected chi connectivity index (χ1v) is 16.2. The Hall–Kier alpha value is -4.42. The van der Waals surface area contributed by atoms with Gasteiger partial charge in [0.25, 0.3) is 11.8 Å². The van der Waals surface area contributed by atoms with E-state index in [-0.39, 0.29) is 54.2 Å². The van der Waals surface area contributed by atoms with Crippen molar-refractivity contribution in [2.45, 2.75) is 62.6 Å². The lowest BCUT2D eigenvalue weighted by molar-refractivity contribution is -0.137. The summed E-state index contributed by atoms with van der Waals surface area (Å²) in [5.74, 6) is -0.627. The fourth-order valence-electron chi connectivity index (χ4n) is 6.73. The number of nitrogens with one attached hydrogen (secondary N) is 2. The third-order valence-electron chi connectivity index (χ3n) is 9.20. The molecule has 3 aromatic rings. The van der Waals surface area contributed by atoms with Crippen LogP contribution in [-0.2, 0) is 28.5 Å². The van der Waals surface area contributed by atoms with Gasteiger partial charge in [-0.15, -0.1) is 0 Å². The number of amides is 3. The van der Waals surface area contributed by atoms with Crippen LogP contribution in [-0.4, -0.2) is 85.6 Å². The van der Waals surface area contributed by atoms with Crippen molar-refractivity contribution in [3.05, 3.63) is 94.5 Å². The largest absolute Gasteiger partial charge is 0.490 e. The number of ether oxygens (including phenoxy) is 2. The van der Waals surface area contributed by atoms with E-state index in [0.717, 1.165) is 37.1 Å². The number of nitrogens with zero attached hydrogens (tertiary/aromatic N) is 2. The summed E-state index contributed by atoms with van der Waals surface area (Å²) in [4.78, 5) is 43.8. The third kappa shape index (κ3) is 7.65. The molecule has 0 aromatic heterocycles. The zero-order chi connectivity index (χ0) is 34.0. The maximum absolute atomic E-state index is 14.1. The summed E-state index contributed by atoms with van der Waals surface area (Å²) >= 11 is 0. The third-order valence-corrected chi connectivity index (χ3v) is 9.20. The van der Waals surface area contributed by atoms with Gasteiger partial charge in [0.15, 0.2) is 0 Å². The Morgan fingerprint density at radius 3 is 2.35 bits per heavy atom. The Balaban J connectivity index is 1.14. The minimum atomic E-state index is -4.51. The highest BCUT2D eigenvalue weighted by atomic mass is 19.4. The molecule has 9 nitrogen and oxygen atoms in total. The molecule has 0 spiro atoms. The lowest BCUT2D eigenvalue weighted by atomic mass is 9.94. The molecule has 0 bridgehead atoms. The summed E-state index contributed by atoms with van der Waals surface area (Å²) < 4.78 is 51.5. The standard InChI is InChI=1S/C36H39F3N4O5/c1-42(2)15-16-43-30-13-12-28(20-33(44)40-27-17-23-5-3-4-6-24(23)18-27)48-32(30)21-47-31-14-11-26(19-29(31)35(43)46)41-34(45)22-7-9-25(10-8-22)36(37,38)39/h3-11,14,19,27-28,30,32H,12-13,15-18,20-21H2,1-2H3,(H,40,44)(H,41,45)/t28-,30-,32-/m0/s1. The summed E-state index contributed by atoms with van der Waals surface area (Å²) in [5.41, 5.74) is 2.29. The predicted molar refractivity (Wildman–Crippen MR) is 173 cm³/mol. The number of benzene rings is 3. The van der Waals surface area contributed by atoms with Crippen LogP contribution >= 0.6 is 0 Å². The first-order chi connectivity index (χ1) is 22.9. The molecule has 1 saturated heterocycles. The monoisotopic (exact) mass is 664 g/mol. The van der Waals surface area contributed by atoms with E-state index in [0.29, 0.717) is 37.4 Å². The van der Waals surface area contributed by atoms with Crippen LogP contribution in [0.5, 0.6) is 5.75 Å². The van der Waals surface area contributed by atoms with Gasteiger partial charge in [-0.25, -0.2) is 0 Å². The highest BCUT2D eigenvalue weighted by Gasteiger charge is 2.41. The molecule has 3 atom stereocenters. The molecule has 0 radical (unpaired) electrons. The molecule has 3 amide bonds. The van der Waals surface area contributed by atoms with Gasteiger partial charge in [-0.1, -0.05) is 24.3 Å². The highest BCUT2D eigenvalue weighted by Crippen LogP contribution is 2.34. The van der Waals surface area contributed by atoms with E-state index in [9.17, 15) is 27.6 Å². The molecular formula is C36H39F3N4O5. The van der Waals surface area contributed by atoms with E-state index < -0.39 is 23.8 Å². The molecule has 1 fully saturated rings. The average Bonchev–Trinajstić information content (AvgIpc) is 3.45. The number of carbonyl (C=O) groups excluding carboxylic acids is 3. The zero-order valence-electron chi connectivity index (χ0n) is 26.9. The summed E-state index contributed by atoms with van der Waals surface area (Å²) in [7, 11) is 3.85. The highest BCUT2D eigenvalue weighted by molar-refractivity contribution is 6.05. The normalized spacial score (nSPS) is 21.0. The smallest absolute Gasteiger partial charge is 0.416 e. The van der Waals surface area contributed by atoms with Crippen molar-refractivity contribution >= 4 is 23.4 Å². The minimum Gasteiger partial charge on any atom is -0.490 e. The fourth-order valence-corrected chi connectivity index (χ4v) is 6.73. The number of rotatable bonds is 8. The Bertz CT molecular complexity index is 1640. The summed E-state index contributed by atoms with van der Waals surface area (Å²) in [6, 6.07) is 16.6. The average molecular weight is 665 g/mol. The number of likely N-dealkylation sites (N-methyl/N-ethyl adjacent to an activating group) is 1. The summed E-state index contributed by atoms with van der Waals surface area (Å²) in [6.07, 6.45) is -2.20. The van der Waals surface area contributed by atoms with Crippen LogP contribution in [0.2, 0.25) is 0 Å². The Kier molecular flexibility index (Phi) is 9.75. The first-order valence-electron chi connectivity index (χ1n) is 16.2. The van der Waals surface area contributed by atoms with Gasteiger partial charge in [0, 0.05) is 30.4 Å². The van der Waals surface area contributed by atoms with Crippen LogP contribution in [0.3, 0.4) is 0 Å². The van der Waals surface area contributed by atoms with Crippen molar-refractivity contribution < 1.29 is 37.0 Å². The second kappa shape index (κ2) is 14.0. The number of hydrogen-bond acceptors (Lipinski definition) is 6. The number of hydrogen-bond donors (Lipinski definition) is 2. The second-order valence-electron chi connectivity index (χ2n) is 12.9. The predicted octanol–water partition coefficient (Wildman–Crippen LogP) is 4.94. The van der Waals surface area contributed by atoms with Gasteiger partial charge < -0.3 is 29.9 Å². The molecule has 254 valence electrons. The van der Waals surface area contributed by atoms with Crippen LogP contribution in [0.25, 0.3) is 0 Å². The molecule has 2 aliphatic heterocycles. The van der Waals surface area contributed by atoms with Gasteiger partial charge in [0.1, 0.15) is 18.5 Å². The number of alkyl halides is 3. The lowest BCUT2D eigenvalue weighted by Gasteiger charge is -2.44. The molecule has 48 heavy (non-hydrogen) atoms. The first kappa shape index (κ1) is 33.5. The molecule has 0 saturated carbocycles. The molecule has 1 aliphatic carbocycles. The van der Waals surface area contributed by atoms with Gasteiger partial charge in [-0.2, -0.15) is 13.2 Å². The second-order valence-corrected chi connectivity index (χ2v) is 12.9. The van der Waals surface area contributed by atoms with Crippen LogP contribution in [0.4, 0.5) is 18.9 Å². The van der Waals surface area contributed by atoms with Crippen LogP contribution in [0, 0.1) is 0 Å². The molecule has 12 heteroatoms. The van der Waals surface area contributed by atoms with E-state index in [1.807, 2.05) is 31.1 Å². The number of halogens is 3. The van der Waals surface area contributed by atoms with E-state index in [1.165, 1.54) is 17.2 Å². The molecule has 2 N–H and O–H groups in total. The molecule has 0 unspecified atom stereocenters. The van der Waals surface area contributed by atoms with Gasteiger partial charge >= 0.3 is 6.18 Å². The van der Waals surface area contributed by atoms with Crippen molar-refractivity contribution in [3.63, 3.8) is 0 Å². The van der Waals surface area contributed by atoms with Gasteiger partial charge in [0.2, 0.25) is 5.91 Å². The number of anilines is 1. The molecular weight excluding hydrogens is 625 g/mol. The lowest BCUT2D eigenvalue weighted by Crippen LogP contribution is -2.56. The molecule has 3 aromatic carbocycles. The summed E-state index contributed by atoms with van der Waals surface area (Å²) in [6.45, 7) is 1.19. The Labute approximate surface area is 277 Å². The maximum atomic E-state index is 14.1. The van der Waals surface area contributed by atoms with Gasteiger partial charge in [0.05, 0.1) is 29.7 Å². The van der Waals surface area contributed by atoms with Crippen molar-refractivity contribution in [1.82, 2.24) is 15.1 Å². The van der Waals surface area contributed by atoms with E-state index in [4.69, 9.17) is 9.47 Å². The van der Waals surface area contributed by atoms with Crippen LogP contribution in [0.15, 0.2) is 66.7 Å². The number of fused-ring (bicyclic) bond motifs is 3. The minimum absolute atomic E-state index is 0.0451. The van der Waals surface area contributed by atoms with E-state index in [2.05, 4.69) is 22.8 Å². The topological polar surface area (TPSA) is 100 Å². The van der Waals surface area contributed by atoms with Crippen molar-refractivity contribution in [2.24, 2.45) is 0 Å². The van der Waals surface area contributed by atoms with Crippen molar-refractivity contribution in [2.75, 3.05) is 39.1 Å². The van der Waals surface area contributed by atoms with Crippen LogP contribution in [0.1, 0.15) is 56.7 Å². The SMILES string of the molecule is CN(C)CCN1C(=O)c2cc(NC(=O)c3ccc(C(F)(F)F)cc3)ccc2OC[C@@H]2O[C@H](CC(=O)NC3Cc4ccccc4C3)CC[C@@H]21. The van der Waals surface area contributed by atoms with Crippen molar-refractivity contribution in [1.29, 1.82) is 0 Å². The summed E-state index contributed by atoms with van der Waals surface area (Å²) in [5, 5.41) is 5.85. The van der Waals surface area contributed by atoms with Gasteiger partial charge in [-0.05, 0) is 93.4 Å². The zero-order valence-corrected chi connectivity index (χ0v) is 26.9. The number of carbonyl (C=O) groups is 3. The van der Waals surface area contributed by atoms with E-state index >= 15 is 0 Å². The quantitative estimate of drug-likeness (QED) is 0.354. The molecule has 3 aliphatic rings. The van der Waals surface area contributed by atoms with E-state index in [1.54, 1.807) is 17.0 Å². The van der Waals surface area contributed by atoms with Gasteiger partial charge in [-0.3, -0.25) is 14.4 Å². The Morgan fingerprint density at radius 1 is 0.979 bits per heavy atom.